The third-order valence-corrected chi connectivity index (χ3v) is 4.72. The molecule has 3 aromatic rings. The number of carbonyl (C=O) groups is 1. The number of nitrogens with one attached hydrogen (secondary N) is 2. The highest BCUT2D eigenvalue weighted by Gasteiger charge is 2.30. The monoisotopic (exact) mass is 448 g/mol. The minimum Gasteiger partial charge on any atom is -0.308 e. The van der Waals surface area contributed by atoms with Crippen LogP contribution in [0.15, 0.2) is 59.7 Å². The van der Waals surface area contributed by atoms with Crippen molar-refractivity contribution in [2.75, 3.05) is 10.6 Å². The van der Waals surface area contributed by atoms with E-state index in [0.29, 0.717) is 23.0 Å². The van der Waals surface area contributed by atoms with Crippen LogP contribution in [0.1, 0.15) is 16.7 Å². The Balaban J connectivity index is 1.47. The van der Waals surface area contributed by atoms with Gasteiger partial charge in [0.1, 0.15) is 5.82 Å². The second kappa shape index (κ2) is 7.99. The van der Waals surface area contributed by atoms with Gasteiger partial charge in [0.25, 0.3) is 0 Å². The van der Waals surface area contributed by atoms with Crippen molar-refractivity contribution in [3.8, 4) is 0 Å². The zero-order chi connectivity index (χ0) is 22.2. The average Bonchev–Trinajstić information content (AvgIpc) is 3.12. The fourth-order valence-electron chi connectivity index (χ4n) is 3.07. The largest absolute Gasteiger partial charge is 0.416 e. The summed E-state index contributed by atoms with van der Waals surface area (Å²) in [5, 5.41) is 5.40. The third kappa shape index (κ3) is 4.66. The molecule has 10 heteroatoms. The first-order chi connectivity index (χ1) is 14.7. The molecule has 2 amide bonds. The molecule has 0 unspecified atom stereocenters. The molecule has 1 aliphatic heterocycles. The quantitative estimate of drug-likeness (QED) is 0.467. The van der Waals surface area contributed by atoms with Crippen LogP contribution in [-0.2, 0) is 12.6 Å². The molecule has 1 aromatic heterocycles. The number of amides is 2. The fourth-order valence-corrected chi connectivity index (χ4v) is 3.25. The van der Waals surface area contributed by atoms with Gasteiger partial charge >= 0.3 is 12.2 Å². The molecule has 1 aliphatic rings. The van der Waals surface area contributed by atoms with Crippen molar-refractivity contribution in [2.24, 2.45) is 4.99 Å². The molecule has 0 radical (unpaired) electrons. The number of pyridine rings is 1. The van der Waals surface area contributed by atoms with E-state index in [-0.39, 0.29) is 16.9 Å². The van der Waals surface area contributed by atoms with E-state index in [1.165, 1.54) is 24.4 Å². The third-order valence-electron chi connectivity index (χ3n) is 4.51. The number of halogens is 5. The molecule has 5 nitrogen and oxygen atoms in total. The van der Waals surface area contributed by atoms with Crippen molar-refractivity contribution in [3.05, 3.63) is 82.3 Å². The van der Waals surface area contributed by atoms with Gasteiger partial charge in [0.05, 0.1) is 16.3 Å². The highest BCUT2D eigenvalue weighted by molar-refractivity contribution is 6.30. The average molecular weight is 449 g/mol. The second-order valence-electron chi connectivity index (χ2n) is 6.72. The Morgan fingerprint density at radius 2 is 1.68 bits per heavy atom. The van der Waals surface area contributed by atoms with Crippen LogP contribution in [0.4, 0.5) is 39.5 Å². The topological polar surface area (TPSA) is 66.4 Å². The van der Waals surface area contributed by atoms with E-state index in [1.807, 2.05) is 0 Å². The number of carbonyl (C=O) groups excluding carboxylic acids is 1. The van der Waals surface area contributed by atoms with E-state index < -0.39 is 23.6 Å². The molecule has 0 bridgehead atoms. The van der Waals surface area contributed by atoms with Crippen LogP contribution in [-0.4, -0.2) is 16.7 Å². The van der Waals surface area contributed by atoms with Crippen molar-refractivity contribution in [3.63, 3.8) is 0 Å². The number of anilines is 2. The lowest BCUT2D eigenvalue weighted by atomic mass is 10.0. The maximum atomic E-state index is 14.4. The summed E-state index contributed by atoms with van der Waals surface area (Å²) in [6.07, 6.45) is -2.68. The lowest BCUT2D eigenvalue weighted by Gasteiger charge is -2.11. The Morgan fingerprint density at radius 3 is 2.39 bits per heavy atom. The Morgan fingerprint density at radius 1 is 1.00 bits per heavy atom. The zero-order valence-electron chi connectivity index (χ0n) is 15.6. The van der Waals surface area contributed by atoms with E-state index in [4.69, 9.17) is 11.6 Å². The molecular formula is C21H13ClF4N4O. The minimum absolute atomic E-state index is 0.173. The molecule has 0 saturated carbocycles. The molecule has 4 rings (SSSR count). The van der Waals surface area contributed by atoms with E-state index in [9.17, 15) is 22.4 Å². The maximum absolute atomic E-state index is 14.4. The molecular weight excluding hydrogens is 436 g/mol. The van der Waals surface area contributed by atoms with Gasteiger partial charge in [-0.3, -0.25) is 0 Å². The van der Waals surface area contributed by atoms with Gasteiger partial charge in [-0.25, -0.2) is 19.2 Å². The summed E-state index contributed by atoms with van der Waals surface area (Å²) >= 11 is 5.93. The minimum atomic E-state index is -4.46. The van der Waals surface area contributed by atoms with Gasteiger partial charge in [-0.15, -0.1) is 0 Å². The van der Waals surface area contributed by atoms with Gasteiger partial charge in [0.2, 0.25) is 0 Å². The highest BCUT2D eigenvalue weighted by atomic mass is 35.5. The van der Waals surface area contributed by atoms with Gasteiger partial charge in [0, 0.05) is 35.1 Å². The van der Waals surface area contributed by atoms with E-state index in [2.05, 4.69) is 20.6 Å². The summed E-state index contributed by atoms with van der Waals surface area (Å²) in [5.74, 6) is -0.0661. The van der Waals surface area contributed by atoms with Crippen molar-refractivity contribution < 1.29 is 22.4 Å². The fraction of sp³-hybridized carbons (Fsp3) is 0.0952. The van der Waals surface area contributed by atoms with Crippen molar-refractivity contribution in [1.82, 2.24) is 4.98 Å². The summed E-state index contributed by atoms with van der Waals surface area (Å²) in [7, 11) is 0. The number of rotatable bonds is 3. The van der Waals surface area contributed by atoms with Crippen molar-refractivity contribution >= 4 is 40.5 Å². The number of hydrogen-bond acceptors (Lipinski definition) is 3. The highest BCUT2D eigenvalue weighted by Crippen LogP contribution is 2.31. The first-order valence-electron chi connectivity index (χ1n) is 8.96. The van der Waals surface area contributed by atoms with Crippen molar-refractivity contribution in [2.45, 2.75) is 12.6 Å². The molecule has 158 valence electrons. The molecule has 0 spiro atoms. The number of urea groups is 1. The summed E-state index contributed by atoms with van der Waals surface area (Å²) in [6.45, 7) is 0. The van der Waals surface area contributed by atoms with Gasteiger partial charge in [-0.2, -0.15) is 13.2 Å². The van der Waals surface area contributed by atoms with Crippen LogP contribution in [0.2, 0.25) is 5.02 Å². The maximum Gasteiger partial charge on any atom is 0.416 e. The first-order valence-corrected chi connectivity index (χ1v) is 9.34. The Labute approximate surface area is 178 Å². The second-order valence-corrected chi connectivity index (χ2v) is 7.16. The van der Waals surface area contributed by atoms with Crippen LogP contribution >= 0.6 is 11.6 Å². The van der Waals surface area contributed by atoms with Crippen LogP contribution in [0.5, 0.6) is 0 Å². The van der Waals surface area contributed by atoms with Gasteiger partial charge < -0.3 is 10.6 Å². The van der Waals surface area contributed by atoms with Crippen LogP contribution in [0, 0.1) is 5.82 Å². The smallest absolute Gasteiger partial charge is 0.308 e. The molecule has 0 aliphatic carbocycles. The lowest BCUT2D eigenvalue weighted by molar-refractivity contribution is -0.137. The number of alkyl halides is 3. The lowest BCUT2D eigenvalue weighted by Crippen LogP contribution is -2.20. The molecule has 2 aromatic carbocycles. The molecule has 31 heavy (non-hydrogen) atoms. The molecule has 0 saturated heterocycles. The standard InChI is InChI=1S/C21H13ClF4N4O/c22-13-7-11-8-18(30-19(11)27-10-13)16-9-15(5-6-17(16)23)29-20(31)28-14-3-1-12(2-4-14)21(24,25)26/h1-7,9-10H,8H2,(H2,28,29,31). The van der Waals surface area contributed by atoms with Crippen LogP contribution < -0.4 is 10.6 Å². The number of nitrogens with zero attached hydrogens (tertiary/aromatic N) is 2. The van der Waals surface area contributed by atoms with Crippen LogP contribution in [0.3, 0.4) is 0 Å². The predicted octanol–water partition coefficient (Wildman–Crippen LogP) is 6.21. The molecule has 0 fully saturated rings. The number of fused-ring (bicyclic) bond motifs is 1. The number of aromatic nitrogens is 1. The summed E-state index contributed by atoms with van der Waals surface area (Å²) in [5.41, 5.74) is 1.03. The summed E-state index contributed by atoms with van der Waals surface area (Å²) < 4.78 is 52.3. The first kappa shape index (κ1) is 20.8. The van der Waals surface area contributed by atoms with E-state index >= 15 is 0 Å². The van der Waals surface area contributed by atoms with E-state index in [0.717, 1.165) is 29.8 Å². The summed E-state index contributed by atoms with van der Waals surface area (Å²) in [6, 6.07) is 9.00. The zero-order valence-corrected chi connectivity index (χ0v) is 16.4. The molecule has 2 heterocycles. The predicted molar refractivity (Wildman–Crippen MR) is 110 cm³/mol. The Hall–Kier alpha value is -3.46. The van der Waals surface area contributed by atoms with Gasteiger partial charge in [-0.05, 0) is 48.5 Å². The Bertz CT molecular complexity index is 1190. The van der Waals surface area contributed by atoms with Crippen molar-refractivity contribution in [1.29, 1.82) is 0 Å². The SMILES string of the molecule is O=C(Nc1ccc(C(F)(F)F)cc1)Nc1ccc(F)c(C2=Nc3ncc(Cl)cc3C2)c1. The number of aliphatic imine (C=N–C) groups is 1. The summed E-state index contributed by atoms with van der Waals surface area (Å²) in [4.78, 5) is 20.6. The number of hydrogen-bond donors (Lipinski definition) is 2. The van der Waals surface area contributed by atoms with E-state index in [1.54, 1.807) is 6.07 Å². The number of benzene rings is 2. The van der Waals surface area contributed by atoms with Gasteiger partial charge in [-0.1, -0.05) is 11.6 Å². The molecule has 2 N–H and O–H groups in total. The molecule has 0 atom stereocenters. The normalized spacial score (nSPS) is 12.9. The van der Waals surface area contributed by atoms with Gasteiger partial charge in [0.15, 0.2) is 5.82 Å². The van der Waals surface area contributed by atoms with Crippen LogP contribution in [0.25, 0.3) is 0 Å². The Kier molecular flexibility index (Phi) is 5.36.